The molecule has 0 bridgehead atoms. The molecule has 2 aromatic heterocycles. The maximum Gasteiger partial charge on any atom is 0.144 e. The minimum atomic E-state index is 0.667. The van der Waals surface area contributed by atoms with Crippen LogP contribution in [0.5, 0.6) is 0 Å². The van der Waals surface area contributed by atoms with Crippen LogP contribution in [0.1, 0.15) is 45.0 Å². The Balaban J connectivity index is 1.82. The number of aryl methyl sites for hydroxylation is 4. The topological polar surface area (TPSA) is 48.7 Å². The van der Waals surface area contributed by atoms with Gasteiger partial charge in [-0.15, -0.1) is 11.3 Å². The largest absolute Gasteiger partial charge is 0.364 e. The summed E-state index contributed by atoms with van der Waals surface area (Å²) in [5.41, 5.74) is 4.42. The van der Waals surface area contributed by atoms with Crippen LogP contribution < -0.4 is 5.32 Å². The van der Waals surface area contributed by atoms with Crippen LogP contribution in [0.4, 0.5) is 5.82 Å². The van der Waals surface area contributed by atoms with E-state index in [1.54, 1.807) is 11.3 Å². The van der Waals surface area contributed by atoms with Crippen LogP contribution in [-0.2, 0) is 19.4 Å². The van der Waals surface area contributed by atoms with Gasteiger partial charge >= 0.3 is 0 Å². The summed E-state index contributed by atoms with van der Waals surface area (Å²) in [7, 11) is 0. The summed E-state index contributed by atoms with van der Waals surface area (Å²) in [4.78, 5) is 7.34. The number of nitrogens with one attached hydrogen (secondary N) is 1. The second-order valence-electron chi connectivity index (χ2n) is 5.61. The molecular weight excluding hydrogens is 278 g/mol. The normalized spacial score (nSPS) is 13.6. The monoisotopic (exact) mass is 297 g/mol. The first-order valence-electron chi connectivity index (χ1n) is 7.40. The average molecular weight is 297 g/mol. The number of fused-ring (bicyclic) bond motifs is 1. The molecular formula is C17H19N3S. The van der Waals surface area contributed by atoms with Crippen molar-refractivity contribution in [3.05, 3.63) is 44.3 Å². The third kappa shape index (κ3) is 2.93. The zero-order valence-electron chi connectivity index (χ0n) is 12.5. The third-order valence-electron chi connectivity index (χ3n) is 4.07. The Hall–Kier alpha value is -1.86. The fraction of sp³-hybridized carbons (Fsp3) is 0.412. The number of thiophene rings is 1. The van der Waals surface area contributed by atoms with Crippen LogP contribution in [0.3, 0.4) is 0 Å². The molecule has 2 heterocycles. The molecule has 0 saturated carbocycles. The number of anilines is 1. The molecule has 0 aliphatic heterocycles. The summed E-state index contributed by atoms with van der Waals surface area (Å²) < 4.78 is 0. The number of nitrogens with zero attached hydrogens (tertiary/aromatic N) is 2. The van der Waals surface area contributed by atoms with Crippen molar-refractivity contribution in [3.63, 3.8) is 0 Å². The van der Waals surface area contributed by atoms with Gasteiger partial charge < -0.3 is 5.32 Å². The number of aromatic nitrogens is 1. The molecule has 0 amide bonds. The fourth-order valence-corrected chi connectivity index (χ4v) is 3.75. The highest BCUT2D eigenvalue weighted by molar-refractivity contribution is 7.12. The van der Waals surface area contributed by atoms with Crippen molar-refractivity contribution in [2.45, 2.75) is 46.1 Å². The van der Waals surface area contributed by atoms with Gasteiger partial charge in [-0.25, -0.2) is 4.98 Å². The number of pyridine rings is 1. The SMILES string of the molecule is Cc1cc(CNc2nc3c(cc2C#N)CCCC3)sc1C. The van der Waals surface area contributed by atoms with Crippen molar-refractivity contribution < 1.29 is 0 Å². The lowest BCUT2D eigenvalue weighted by Gasteiger charge is -2.17. The van der Waals surface area contributed by atoms with Crippen LogP contribution in [0.25, 0.3) is 0 Å². The predicted molar refractivity (Wildman–Crippen MR) is 86.7 cm³/mol. The van der Waals surface area contributed by atoms with Crippen LogP contribution in [0.15, 0.2) is 12.1 Å². The first-order valence-corrected chi connectivity index (χ1v) is 8.21. The average Bonchev–Trinajstić information content (AvgIpc) is 2.82. The van der Waals surface area contributed by atoms with E-state index in [1.807, 2.05) is 6.07 Å². The summed E-state index contributed by atoms with van der Waals surface area (Å²) in [5.74, 6) is 0.738. The highest BCUT2D eigenvalue weighted by atomic mass is 32.1. The number of rotatable bonds is 3. The van der Waals surface area contributed by atoms with E-state index in [9.17, 15) is 5.26 Å². The molecule has 3 rings (SSSR count). The molecule has 0 fully saturated rings. The van der Waals surface area contributed by atoms with Crippen molar-refractivity contribution in [1.82, 2.24) is 4.98 Å². The van der Waals surface area contributed by atoms with Gasteiger partial charge in [0.25, 0.3) is 0 Å². The van der Waals surface area contributed by atoms with Crippen molar-refractivity contribution >= 4 is 17.2 Å². The second kappa shape index (κ2) is 5.87. The lowest BCUT2D eigenvalue weighted by Crippen LogP contribution is -2.10. The Morgan fingerprint density at radius 1 is 1.29 bits per heavy atom. The van der Waals surface area contributed by atoms with E-state index in [0.717, 1.165) is 25.2 Å². The Morgan fingerprint density at radius 3 is 2.81 bits per heavy atom. The van der Waals surface area contributed by atoms with E-state index in [1.165, 1.54) is 39.4 Å². The summed E-state index contributed by atoms with van der Waals surface area (Å²) in [6.07, 6.45) is 4.50. The summed E-state index contributed by atoms with van der Waals surface area (Å²) in [6.45, 7) is 5.01. The zero-order valence-corrected chi connectivity index (χ0v) is 13.3. The minimum Gasteiger partial charge on any atom is -0.364 e. The predicted octanol–water partition coefficient (Wildman–Crippen LogP) is 4.12. The lowest BCUT2D eigenvalue weighted by atomic mass is 9.95. The maximum absolute atomic E-state index is 9.34. The Kier molecular flexibility index (Phi) is 3.94. The van der Waals surface area contributed by atoms with Gasteiger partial charge in [-0.2, -0.15) is 5.26 Å². The molecule has 1 aliphatic carbocycles. The quantitative estimate of drug-likeness (QED) is 0.927. The van der Waals surface area contributed by atoms with Gasteiger partial charge in [0, 0.05) is 15.4 Å². The zero-order chi connectivity index (χ0) is 14.8. The molecule has 0 atom stereocenters. The van der Waals surface area contributed by atoms with E-state index in [0.29, 0.717) is 5.56 Å². The van der Waals surface area contributed by atoms with E-state index >= 15 is 0 Å². The highest BCUT2D eigenvalue weighted by Crippen LogP contribution is 2.26. The minimum absolute atomic E-state index is 0.667. The Bertz CT molecular complexity index is 690. The van der Waals surface area contributed by atoms with E-state index < -0.39 is 0 Å². The van der Waals surface area contributed by atoms with Gasteiger partial charge in [-0.1, -0.05) is 0 Å². The van der Waals surface area contributed by atoms with Crippen molar-refractivity contribution in [2.75, 3.05) is 5.32 Å². The molecule has 0 spiro atoms. The second-order valence-corrected chi connectivity index (χ2v) is 6.96. The van der Waals surface area contributed by atoms with Gasteiger partial charge in [0.05, 0.1) is 12.1 Å². The first-order chi connectivity index (χ1) is 10.2. The molecule has 1 aliphatic rings. The van der Waals surface area contributed by atoms with Crippen LogP contribution in [0.2, 0.25) is 0 Å². The van der Waals surface area contributed by atoms with Gasteiger partial charge in [-0.05, 0) is 62.8 Å². The molecule has 0 unspecified atom stereocenters. The van der Waals surface area contributed by atoms with Gasteiger partial charge in [-0.3, -0.25) is 0 Å². The molecule has 0 saturated heterocycles. The molecule has 108 valence electrons. The lowest BCUT2D eigenvalue weighted by molar-refractivity contribution is 0.668. The van der Waals surface area contributed by atoms with E-state index in [2.05, 4.69) is 31.3 Å². The Morgan fingerprint density at radius 2 is 2.10 bits per heavy atom. The summed E-state index contributed by atoms with van der Waals surface area (Å²) >= 11 is 1.80. The van der Waals surface area contributed by atoms with Crippen LogP contribution in [0, 0.1) is 25.2 Å². The maximum atomic E-state index is 9.34. The molecule has 0 radical (unpaired) electrons. The summed E-state index contributed by atoms with van der Waals surface area (Å²) in [5, 5.41) is 12.7. The molecule has 1 N–H and O–H groups in total. The molecule has 21 heavy (non-hydrogen) atoms. The number of nitriles is 1. The van der Waals surface area contributed by atoms with Crippen LogP contribution in [-0.4, -0.2) is 4.98 Å². The Labute approximate surface area is 129 Å². The van der Waals surface area contributed by atoms with E-state index in [-0.39, 0.29) is 0 Å². The highest BCUT2D eigenvalue weighted by Gasteiger charge is 2.15. The fourth-order valence-electron chi connectivity index (χ4n) is 2.76. The standard InChI is InChI=1S/C17H19N3S/c1-11-7-15(21-12(11)2)10-19-17-14(9-18)8-13-5-3-4-6-16(13)20-17/h7-8H,3-6,10H2,1-2H3,(H,19,20). The van der Waals surface area contributed by atoms with Crippen molar-refractivity contribution in [3.8, 4) is 6.07 Å². The van der Waals surface area contributed by atoms with Crippen molar-refractivity contribution in [1.29, 1.82) is 5.26 Å². The number of hydrogen-bond donors (Lipinski definition) is 1. The number of hydrogen-bond acceptors (Lipinski definition) is 4. The summed E-state index contributed by atoms with van der Waals surface area (Å²) in [6, 6.07) is 6.51. The smallest absolute Gasteiger partial charge is 0.144 e. The van der Waals surface area contributed by atoms with Gasteiger partial charge in [0.2, 0.25) is 0 Å². The van der Waals surface area contributed by atoms with Gasteiger partial charge in [0.1, 0.15) is 11.9 Å². The third-order valence-corrected chi connectivity index (χ3v) is 5.22. The first kappa shape index (κ1) is 14.1. The van der Waals surface area contributed by atoms with E-state index in [4.69, 9.17) is 4.98 Å². The molecule has 0 aromatic carbocycles. The molecule has 4 heteroatoms. The molecule has 2 aromatic rings. The van der Waals surface area contributed by atoms with Crippen LogP contribution >= 0.6 is 11.3 Å². The van der Waals surface area contributed by atoms with Crippen molar-refractivity contribution in [2.24, 2.45) is 0 Å². The molecule has 3 nitrogen and oxygen atoms in total. The van der Waals surface area contributed by atoms with Gasteiger partial charge in [0.15, 0.2) is 0 Å².